The van der Waals surface area contributed by atoms with E-state index < -0.39 is 0 Å². The molecule has 1 radical (unpaired) electrons. The van der Waals surface area contributed by atoms with Crippen LogP contribution in [0.15, 0.2) is 36.9 Å². The molecule has 11 heavy (non-hydrogen) atoms. The van der Waals surface area contributed by atoms with Crippen molar-refractivity contribution in [2.45, 2.75) is 5.37 Å². The van der Waals surface area contributed by atoms with Crippen molar-refractivity contribution in [3.63, 3.8) is 0 Å². The maximum Gasteiger partial charge on any atom is 0.0877 e. The van der Waals surface area contributed by atoms with Crippen LogP contribution in [0.4, 0.5) is 5.69 Å². The summed E-state index contributed by atoms with van der Waals surface area (Å²) in [6.07, 6.45) is 1.74. The van der Waals surface area contributed by atoms with Crippen LogP contribution in [0.2, 0.25) is 0 Å². The maximum absolute atomic E-state index is 4.20. The first kappa shape index (κ1) is 8.21. The molecular weight excluding hydrogens is 154 g/mol. The number of benzene rings is 1. The van der Waals surface area contributed by atoms with Crippen molar-refractivity contribution in [1.29, 1.82) is 0 Å². The zero-order valence-corrected chi connectivity index (χ0v) is 7.01. The summed E-state index contributed by atoms with van der Waals surface area (Å²) in [5, 5.41) is 3.13. The monoisotopic (exact) mass is 164 g/mol. The molecule has 1 aromatic carbocycles. The average molecular weight is 164 g/mol. The van der Waals surface area contributed by atoms with Crippen molar-refractivity contribution in [1.82, 2.24) is 0 Å². The summed E-state index contributed by atoms with van der Waals surface area (Å²) in [6, 6.07) is 10.5. The molecule has 0 bridgehead atoms. The lowest BCUT2D eigenvalue weighted by molar-refractivity contribution is 1.27. The first-order valence-electron chi connectivity index (χ1n) is 3.36. The Bertz CT molecular complexity index is 220. The Balaban J connectivity index is 2.57. The summed E-state index contributed by atoms with van der Waals surface area (Å²) in [4.78, 5) is 0. The van der Waals surface area contributed by atoms with Gasteiger partial charge < -0.3 is 5.32 Å². The van der Waals surface area contributed by atoms with Crippen LogP contribution < -0.4 is 5.32 Å². The summed E-state index contributed by atoms with van der Waals surface area (Å²) in [5.74, 6) is 0. The Hall–Kier alpha value is -0.890. The first-order valence-corrected chi connectivity index (χ1v) is 3.88. The van der Waals surface area contributed by atoms with E-state index in [-0.39, 0.29) is 5.37 Å². The molecule has 0 aliphatic rings. The van der Waals surface area contributed by atoms with Crippen molar-refractivity contribution < 1.29 is 0 Å². The SMILES string of the molecule is C=CC(S)Nc1cc[c]cc1. The third kappa shape index (κ3) is 2.68. The molecule has 0 aromatic heterocycles. The molecular formula is C9H10NS. The summed E-state index contributed by atoms with van der Waals surface area (Å²) in [5.41, 5.74) is 1.03. The van der Waals surface area contributed by atoms with Crippen LogP contribution in [0.5, 0.6) is 0 Å². The fraction of sp³-hybridized carbons (Fsp3) is 0.111. The van der Waals surface area contributed by atoms with Gasteiger partial charge in [-0.25, -0.2) is 0 Å². The minimum absolute atomic E-state index is 0.0115. The lowest BCUT2D eigenvalue weighted by Gasteiger charge is -2.08. The van der Waals surface area contributed by atoms with Gasteiger partial charge in [-0.15, -0.1) is 6.58 Å². The number of hydrogen-bond donors (Lipinski definition) is 2. The highest BCUT2D eigenvalue weighted by atomic mass is 32.1. The van der Waals surface area contributed by atoms with Gasteiger partial charge in [-0.1, -0.05) is 18.2 Å². The minimum Gasteiger partial charge on any atom is -0.370 e. The van der Waals surface area contributed by atoms with Gasteiger partial charge in [0.2, 0.25) is 0 Å². The maximum atomic E-state index is 4.20. The molecule has 0 fully saturated rings. The van der Waals surface area contributed by atoms with Gasteiger partial charge in [0.25, 0.3) is 0 Å². The molecule has 0 amide bonds. The van der Waals surface area contributed by atoms with E-state index >= 15 is 0 Å². The zero-order valence-electron chi connectivity index (χ0n) is 6.12. The molecule has 0 saturated heterocycles. The molecule has 0 aliphatic heterocycles. The number of nitrogens with one attached hydrogen (secondary N) is 1. The summed E-state index contributed by atoms with van der Waals surface area (Å²) < 4.78 is 0. The van der Waals surface area contributed by atoms with Crippen molar-refractivity contribution in [2.24, 2.45) is 0 Å². The van der Waals surface area contributed by atoms with Crippen LogP contribution in [0.1, 0.15) is 0 Å². The second-order valence-electron chi connectivity index (χ2n) is 2.11. The van der Waals surface area contributed by atoms with E-state index in [1.54, 1.807) is 6.08 Å². The molecule has 57 valence electrons. The van der Waals surface area contributed by atoms with E-state index in [2.05, 4.69) is 30.6 Å². The van der Waals surface area contributed by atoms with Crippen molar-refractivity contribution in [3.05, 3.63) is 43.0 Å². The molecule has 0 aliphatic carbocycles. The quantitative estimate of drug-likeness (QED) is 0.397. The number of hydrogen-bond acceptors (Lipinski definition) is 2. The average Bonchev–Trinajstić information content (AvgIpc) is 2.06. The van der Waals surface area contributed by atoms with E-state index in [0.717, 1.165) is 5.69 Å². The molecule has 1 atom stereocenters. The Morgan fingerprint density at radius 1 is 1.55 bits per heavy atom. The van der Waals surface area contributed by atoms with E-state index in [0.29, 0.717) is 0 Å². The fourth-order valence-electron chi connectivity index (χ4n) is 0.713. The predicted molar refractivity (Wildman–Crippen MR) is 51.9 cm³/mol. The third-order valence-electron chi connectivity index (χ3n) is 1.26. The Labute approximate surface area is 72.5 Å². The van der Waals surface area contributed by atoms with Gasteiger partial charge in [0, 0.05) is 5.69 Å². The first-order chi connectivity index (χ1) is 5.33. The summed E-state index contributed by atoms with van der Waals surface area (Å²) in [7, 11) is 0. The van der Waals surface area contributed by atoms with E-state index in [1.165, 1.54) is 0 Å². The van der Waals surface area contributed by atoms with E-state index in [4.69, 9.17) is 0 Å². The van der Waals surface area contributed by atoms with Crippen molar-refractivity contribution >= 4 is 18.3 Å². The molecule has 1 rings (SSSR count). The number of anilines is 1. The molecule has 0 spiro atoms. The fourth-order valence-corrected chi connectivity index (χ4v) is 0.862. The topological polar surface area (TPSA) is 12.0 Å². The molecule has 1 nitrogen and oxygen atoms in total. The second-order valence-corrected chi connectivity index (χ2v) is 2.67. The Kier molecular flexibility index (Phi) is 3.05. The van der Waals surface area contributed by atoms with E-state index in [1.807, 2.05) is 24.3 Å². The summed E-state index contributed by atoms with van der Waals surface area (Å²) >= 11 is 4.20. The lowest BCUT2D eigenvalue weighted by Crippen LogP contribution is -2.07. The van der Waals surface area contributed by atoms with Crippen LogP contribution in [-0.4, -0.2) is 5.37 Å². The second kappa shape index (κ2) is 4.09. The highest BCUT2D eigenvalue weighted by Gasteiger charge is 1.93. The Morgan fingerprint density at radius 3 is 2.73 bits per heavy atom. The minimum atomic E-state index is 0.0115. The van der Waals surface area contributed by atoms with Gasteiger partial charge in [0.1, 0.15) is 0 Å². The lowest BCUT2D eigenvalue weighted by atomic mass is 10.3. The highest BCUT2D eigenvalue weighted by molar-refractivity contribution is 7.81. The standard InChI is InChI=1S/C9H10NS/c1-2-9(11)10-8-6-4-3-5-7-8/h2,4-7,9-11H,1H2. The van der Waals surface area contributed by atoms with Crippen molar-refractivity contribution in [3.8, 4) is 0 Å². The summed E-state index contributed by atoms with van der Waals surface area (Å²) in [6.45, 7) is 3.61. The largest absolute Gasteiger partial charge is 0.370 e. The highest BCUT2D eigenvalue weighted by Crippen LogP contribution is 2.08. The molecule has 2 heteroatoms. The van der Waals surface area contributed by atoms with Crippen LogP contribution in [0, 0.1) is 6.07 Å². The van der Waals surface area contributed by atoms with Crippen LogP contribution in [0.3, 0.4) is 0 Å². The number of thiol groups is 1. The van der Waals surface area contributed by atoms with Gasteiger partial charge in [-0.05, 0) is 18.2 Å². The van der Waals surface area contributed by atoms with E-state index in [9.17, 15) is 0 Å². The molecule has 1 aromatic rings. The van der Waals surface area contributed by atoms with Crippen molar-refractivity contribution in [2.75, 3.05) is 5.32 Å². The van der Waals surface area contributed by atoms with Gasteiger partial charge in [0.15, 0.2) is 0 Å². The molecule has 1 unspecified atom stereocenters. The smallest absolute Gasteiger partial charge is 0.0877 e. The van der Waals surface area contributed by atoms with Gasteiger partial charge >= 0.3 is 0 Å². The molecule has 1 N–H and O–H groups in total. The van der Waals surface area contributed by atoms with Crippen LogP contribution in [-0.2, 0) is 0 Å². The predicted octanol–water partition coefficient (Wildman–Crippen LogP) is 2.34. The normalized spacial score (nSPS) is 12.1. The van der Waals surface area contributed by atoms with Gasteiger partial charge in [-0.3, -0.25) is 0 Å². The van der Waals surface area contributed by atoms with Gasteiger partial charge in [-0.2, -0.15) is 12.6 Å². The van der Waals surface area contributed by atoms with Crippen LogP contribution >= 0.6 is 12.6 Å². The third-order valence-corrected chi connectivity index (χ3v) is 1.60. The molecule has 0 heterocycles. The van der Waals surface area contributed by atoms with Crippen LogP contribution in [0.25, 0.3) is 0 Å². The number of rotatable bonds is 3. The van der Waals surface area contributed by atoms with Gasteiger partial charge in [0.05, 0.1) is 5.37 Å². The Morgan fingerprint density at radius 2 is 2.18 bits per heavy atom. The molecule has 0 saturated carbocycles. The zero-order chi connectivity index (χ0) is 8.10.